The number of benzene rings is 2. The van der Waals surface area contributed by atoms with Crippen LogP contribution in [0.3, 0.4) is 0 Å². The molecule has 1 atom stereocenters. The van der Waals surface area contributed by atoms with Gasteiger partial charge in [-0.2, -0.15) is 0 Å². The number of hydrogen-bond acceptors (Lipinski definition) is 1. The van der Waals surface area contributed by atoms with Crippen molar-refractivity contribution in [2.75, 3.05) is 0 Å². The van der Waals surface area contributed by atoms with Gasteiger partial charge in [-0.1, -0.05) is 142 Å². The van der Waals surface area contributed by atoms with Crippen LogP contribution in [0.2, 0.25) is 85.1 Å². The van der Waals surface area contributed by atoms with E-state index in [-0.39, 0.29) is 10.6 Å². The summed E-state index contributed by atoms with van der Waals surface area (Å²) in [6.45, 7) is 34.8. The Morgan fingerprint density at radius 3 is 1.45 bits per heavy atom. The van der Waals surface area contributed by atoms with Gasteiger partial charge in [0.1, 0.15) is 15.2 Å². The van der Waals surface area contributed by atoms with E-state index in [4.69, 9.17) is 4.43 Å². The molecule has 254 valence electrons. The van der Waals surface area contributed by atoms with Gasteiger partial charge >= 0.3 is 0 Å². The molecule has 4 aliphatic carbocycles. The van der Waals surface area contributed by atoms with Crippen molar-refractivity contribution in [3.63, 3.8) is 0 Å². The van der Waals surface area contributed by atoms with Crippen LogP contribution in [0, 0.1) is 34.6 Å². The summed E-state index contributed by atoms with van der Waals surface area (Å²) in [4.78, 5) is 1.97. The highest BCUT2D eigenvalue weighted by molar-refractivity contribution is 7.75. The van der Waals surface area contributed by atoms with Crippen LogP contribution >= 0.6 is 0 Å². The van der Waals surface area contributed by atoms with E-state index >= 15 is 0 Å². The number of rotatable bonds is 8. The van der Waals surface area contributed by atoms with E-state index in [9.17, 15) is 0 Å². The zero-order valence-corrected chi connectivity index (χ0v) is 38.2. The minimum atomic E-state index is -2.26. The van der Waals surface area contributed by atoms with Crippen molar-refractivity contribution < 1.29 is 4.43 Å². The molecule has 1 unspecified atom stereocenters. The van der Waals surface area contributed by atoms with Crippen LogP contribution in [-0.2, 0) is 4.43 Å². The van der Waals surface area contributed by atoms with Gasteiger partial charge < -0.3 is 4.43 Å². The average Bonchev–Trinajstić information content (AvgIpc) is 2.93. The summed E-state index contributed by atoms with van der Waals surface area (Å²) in [6, 6.07) is 23.0. The van der Waals surface area contributed by atoms with Crippen LogP contribution in [0.25, 0.3) is 0 Å². The zero-order valence-electron chi connectivity index (χ0n) is 32.2. The zero-order chi connectivity index (χ0) is 34.5. The summed E-state index contributed by atoms with van der Waals surface area (Å²) >= 11 is 0. The number of hydrogen-bond donors (Lipinski definition) is 0. The molecule has 47 heavy (non-hydrogen) atoms. The molecule has 7 heteroatoms. The maximum Gasteiger partial charge on any atom is 0.184 e. The van der Waals surface area contributed by atoms with E-state index in [2.05, 4.69) is 157 Å². The van der Waals surface area contributed by atoms with Crippen molar-refractivity contribution in [2.24, 2.45) is 23.2 Å². The minimum absolute atomic E-state index is 0.127. The Kier molecular flexibility index (Phi) is 8.77. The van der Waals surface area contributed by atoms with Crippen molar-refractivity contribution in [3.8, 4) is 11.5 Å². The molecule has 1 heterocycles. The molecule has 4 fully saturated rings. The molecule has 4 bridgehead atoms. The molecule has 0 spiro atoms. The van der Waals surface area contributed by atoms with E-state index in [0.717, 1.165) is 17.8 Å². The van der Waals surface area contributed by atoms with Crippen molar-refractivity contribution in [2.45, 2.75) is 129 Å². The summed E-state index contributed by atoms with van der Waals surface area (Å²) < 4.78 is 8.41. The molecular formula is C40H64OSi6. The molecule has 2 aromatic rings. The standard InChI is InChI=1S/C40H64OSi6/c1-42(2,3)41-40(39-29-32-26-33(30-39)28-34(27-32)31-39)37(24-25-45(10,11)35-20-16-14-17-21-35)38(46(12,13)36-22-18-15-19-23-36)47(40,43(4,5)6)44(7,8)9/h14-23,32-34H,26-31H2,1-13H3. The second kappa shape index (κ2) is 11.5. The SMILES string of the molecule is C[Si](C)(C)OC1(C23CC4CC(CC(C4)C2)C3)C(C#C[Si](C)(C)c2ccccc2)=C([Si](C)(C)c2ccccc2)[Si]1([Si](C)(C)C)[Si](C)(C)C. The molecule has 0 saturated heterocycles. The maximum atomic E-state index is 8.41. The van der Waals surface area contributed by atoms with E-state index in [1.807, 2.05) is 4.82 Å². The first kappa shape index (κ1) is 35.8. The minimum Gasteiger partial charge on any atom is -0.410 e. The molecule has 0 N–H and O–H groups in total. The Balaban J connectivity index is 1.78. The first-order valence-corrected chi connectivity index (χ1v) is 39.1. The fraction of sp³-hybridized carbons (Fsp3) is 0.600. The molecular weight excluding hydrogens is 665 g/mol. The third kappa shape index (κ3) is 5.41. The normalized spacial score (nSPS) is 30.5. The van der Waals surface area contributed by atoms with Gasteiger partial charge in [-0.3, -0.25) is 0 Å². The lowest BCUT2D eigenvalue weighted by Gasteiger charge is -2.79. The van der Waals surface area contributed by atoms with Gasteiger partial charge in [0.2, 0.25) is 0 Å². The Hall–Kier alpha value is -0.999. The Labute approximate surface area is 294 Å². The fourth-order valence-corrected chi connectivity index (χ4v) is 86.5. The predicted octanol–water partition coefficient (Wildman–Crippen LogP) is 9.78. The lowest BCUT2D eigenvalue weighted by Crippen LogP contribution is -2.96. The van der Waals surface area contributed by atoms with Crippen molar-refractivity contribution >= 4 is 57.1 Å². The van der Waals surface area contributed by atoms with Gasteiger partial charge in [0.15, 0.2) is 16.4 Å². The third-order valence-corrected chi connectivity index (χ3v) is 62.6. The molecule has 1 nitrogen and oxygen atoms in total. The van der Waals surface area contributed by atoms with Gasteiger partial charge in [-0.25, -0.2) is 0 Å². The Morgan fingerprint density at radius 2 is 1.04 bits per heavy atom. The molecule has 1 aliphatic heterocycles. The van der Waals surface area contributed by atoms with Crippen LogP contribution < -0.4 is 10.4 Å². The highest BCUT2D eigenvalue weighted by atomic mass is 29.6. The van der Waals surface area contributed by atoms with Crippen LogP contribution in [0.5, 0.6) is 0 Å². The highest BCUT2D eigenvalue weighted by Crippen LogP contribution is 2.74. The Morgan fingerprint density at radius 1 is 0.617 bits per heavy atom. The fourth-order valence-electron chi connectivity index (χ4n) is 12.6. The molecule has 4 saturated carbocycles. The van der Waals surface area contributed by atoms with Crippen molar-refractivity contribution in [1.29, 1.82) is 0 Å². The quantitative estimate of drug-likeness (QED) is 0.194. The second-order valence-corrected chi connectivity index (χ2v) is 60.4. The van der Waals surface area contributed by atoms with Crippen LogP contribution in [0.4, 0.5) is 0 Å². The Bertz CT molecular complexity index is 1540. The largest absolute Gasteiger partial charge is 0.410 e. The topological polar surface area (TPSA) is 9.23 Å². The van der Waals surface area contributed by atoms with Crippen LogP contribution in [0.1, 0.15) is 38.5 Å². The predicted molar refractivity (Wildman–Crippen MR) is 222 cm³/mol. The summed E-state index contributed by atoms with van der Waals surface area (Å²) in [7, 11) is -12.0. The molecule has 0 amide bonds. The smallest absolute Gasteiger partial charge is 0.184 e. The summed E-state index contributed by atoms with van der Waals surface area (Å²) in [5.41, 5.74) is 6.03. The first-order chi connectivity index (χ1) is 21.6. The van der Waals surface area contributed by atoms with Crippen LogP contribution in [0.15, 0.2) is 71.1 Å². The maximum absolute atomic E-state index is 8.41. The van der Waals surface area contributed by atoms with E-state index < -0.39 is 46.8 Å². The van der Waals surface area contributed by atoms with Gasteiger partial charge in [-0.15, -0.1) is 5.54 Å². The van der Waals surface area contributed by atoms with Crippen molar-refractivity contribution in [3.05, 3.63) is 71.1 Å². The third-order valence-electron chi connectivity index (χ3n) is 13.1. The molecule has 5 aliphatic rings. The van der Waals surface area contributed by atoms with Gasteiger partial charge in [0.05, 0.1) is 5.22 Å². The van der Waals surface area contributed by atoms with Gasteiger partial charge in [0.25, 0.3) is 0 Å². The molecule has 0 aromatic heterocycles. The van der Waals surface area contributed by atoms with E-state index in [1.54, 1.807) is 10.8 Å². The lowest BCUT2D eigenvalue weighted by molar-refractivity contribution is -0.123. The summed E-state index contributed by atoms with van der Waals surface area (Å²) in [5, 5.41) is 2.94. The first-order valence-electron chi connectivity index (χ1n) is 18.7. The van der Waals surface area contributed by atoms with Crippen LogP contribution in [-0.4, -0.2) is 52.0 Å². The van der Waals surface area contributed by atoms with Crippen molar-refractivity contribution in [1.82, 2.24) is 0 Å². The van der Waals surface area contributed by atoms with E-state index in [0.29, 0.717) is 0 Å². The lowest BCUT2D eigenvalue weighted by atomic mass is 9.47. The monoisotopic (exact) mass is 728 g/mol. The molecule has 7 rings (SSSR count). The highest BCUT2D eigenvalue weighted by Gasteiger charge is 2.84. The molecule has 2 aromatic carbocycles. The summed E-state index contributed by atoms with van der Waals surface area (Å²) in [5.74, 6) is 7.01. The van der Waals surface area contributed by atoms with E-state index in [1.165, 1.54) is 43.7 Å². The van der Waals surface area contributed by atoms with Gasteiger partial charge in [-0.05, 0) is 81.1 Å². The van der Waals surface area contributed by atoms with Gasteiger partial charge in [0, 0.05) is 26.2 Å². The molecule has 0 radical (unpaired) electrons. The second-order valence-electron chi connectivity index (χ2n) is 20.3. The summed E-state index contributed by atoms with van der Waals surface area (Å²) in [6.07, 6.45) is 8.64. The average molecular weight is 729 g/mol.